The molecule has 1 rings (SSSR count). The predicted molar refractivity (Wildman–Crippen MR) is 69.4 cm³/mol. The minimum Gasteiger partial charge on any atom is -0.466 e. The Kier molecular flexibility index (Phi) is 7.22. The average molecular weight is 234 g/mol. The first-order valence-electron chi connectivity index (χ1n) is 6.62. The van der Waals surface area contributed by atoms with Gasteiger partial charge in [0.2, 0.25) is 0 Å². The lowest BCUT2D eigenvalue weighted by Crippen LogP contribution is -2.02. The monoisotopic (exact) mass is 234 g/mol. The molecule has 0 spiro atoms. The molecule has 0 radical (unpaired) electrons. The highest BCUT2D eigenvalue weighted by atomic mass is 16.5. The Morgan fingerprint density at radius 1 is 1.29 bits per heavy atom. The summed E-state index contributed by atoms with van der Waals surface area (Å²) in [6, 6.07) is 0. The summed E-state index contributed by atoms with van der Waals surface area (Å²) in [6.45, 7) is 2.27. The summed E-state index contributed by atoms with van der Waals surface area (Å²) in [6.07, 6.45) is 11.5. The van der Waals surface area contributed by atoms with Crippen molar-refractivity contribution in [3.8, 4) is 11.8 Å². The fraction of sp³-hybridized carbons (Fsp3) is 0.667. The van der Waals surface area contributed by atoms with Gasteiger partial charge < -0.3 is 4.74 Å². The molecule has 94 valence electrons. The van der Waals surface area contributed by atoms with E-state index in [-0.39, 0.29) is 5.97 Å². The lowest BCUT2D eigenvalue weighted by atomic mass is 9.90. The van der Waals surface area contributed by atoms with Gasteiger partial charge in [-0.05, 0) is 19.8 Å². The number of allylic oxidation sites excluding steroid dienone is 1. The molecule has 0 aromatic rings. The fourth-order valence-electron chi connectivity index (χ4n) is 1.99. The highest BCUT2D eigenvalue weighted by molar-refractivity contribution is 5.71. The number of carbonyl (C=O) groups is 1. The van der Waals surface area contributed by atoms with Crippen molar-refractivity contribution in [3.63, 3.8) is 0 Å². The summed E-state index contributed by atoms with van der Waals surface area (Å²) in [4.78, 5) is 11.0. The summed E-state index contributed by atoms with van der Waals surface area (Å²) in [5.41, 5.74) is 0. The first-order valence-corrected chi connectivity index (χ1v) is 6.62. The minimum absolute atomic E-state index is 0.163. The molecular formula is C15H22O2. The summed E-state index contributed by atoms with van der Waals surface area (Å²) < 4.78 is 4.82. The van der Waals surface area contributed by atoms with Gasteiger partial charge in [0.15, 0.2) is 0 Å². The van der Waals surface area contributed by atoms with Gasteiger partial charge in [0.25, 0.3) is 0 Å². The van der Waals surface area contributed by atoms with E-state index in [1.165, 1.54) is 32.1 Å². The van der Waals surface area contributed by atoms with Crippen LogP contribution < -0.4 is 0 Å². The number of rotatable bonds is 4. The third-order valence-electron chi connectivity index (χ3n) is 2.89. The van der Waals surface area contributed by atoms with Gasteiger partial charge in [-0.2, -0.15) is 0 Å². The van der Waals surface area contributed by atoms with Crippen LogP contribution in [0.3, 0.4) is 0 Å². The molecule has 1 aliphatic carbocycles. The molecule has 0 unspecified atom stereocenters. The van der Waals surface area contributed by atoms with E-state index in [2.05, 4.69) is 11.8 Å². The van der Waals surface area contributed by atoms with E-state index in [1.54, 1.807) is 0 Å². The summed E-state index contributed by atoms with van der Waals surface area (Å²) in [7, 11) is 0. The summed E-state index contributed by atoms with van der Waals surface area (Å²) in [5, 5.41) is 0. The van der Waals surface area contributed by atoms with Crippen LogP contribution in [-0.4, -0.2) is 12.6 Å². The smallest absolute Gasteiger partial charge is 0.309 e. The Bertz CT molecular complexity index is 301. The maximum Gasteiger partial charge on any atom is 0.309 e. The Morgan fingerprint density at radius 3 is 2.76 bits per heavy atom. The molecule has 17 heavy (non-hydrogen) atoms. The average Bonchev–Trinajstić information content (AvgIpc) is 2.35. The highest BCUT2D eigenvalue weighted by Crippen LogP contribution is 2.22. The largest absolute Gasteiger partial charge is 0.466 e. The van der Waals surface area contributed by atoms with Crippen LogP contribution in [0.1, 0.15) is 51.9 Å². The molecule has 2 nitrogen and oxygen atoms in total. The second-order valence-corrected chi connectivity index (χ2v) is 4.34. The van der Waals surface area contributed by atoms with Gasteiger partial charge in [-0.1, -0.05) is 43.3 Å². The van der Waals surface area contributed by atoms with Crippen molar-refractivity contribution < 1.29 is 9.53 Å². The minimum atomic E-state index is -0.163. The molecule has 2 heteroatoms. The Hall–Kier alpha value is -1.23. The number of esters is 1. The van der Waals surface area contributed by atoms with Crippen molar-refractivity contribution in [3.05, 3.63) is 12.2 Å². The molecule has 0 aromatic carbocycles. The van der Waals surface area contributed by atoms with E-state index in [1.807, 2.05) is 19.1 Å². The van der Waals surface area contributed by atoms with Crippen molar-refractivity contribution in [1.82, 2.24) is 0 Å². The Balaban J connectivity index is 2.11. The van der Waals surface area contributed by atoms with Crippen LogP contribution in [-0.2, 0) is 9.53 Å². The Labute approximate surface area is 104 Å². The molecule has 0 atom stereocenters. The maximum absolute atomic E-state index is 11.0. The van der Waals surface area contributed by atoms with Gasteiger partial charge in [0.1, 0.15) is 0 Å². The normalized spacial score (nSPS) is 16.5. The van der Waals surface area contributed by atoms with E-state index >= 15 is 0 Å². The lowest BCUT2D eigenvalue weighted by Gasteiger charge is -2.15. The maximum atomic E-state index is 11.0. The molecule has 1 saturated carbocycles. The predicted octanol–water partition coefficient (Wildman–Crippen LogP) is 3.47. The summed E-state index contributed by atoms with van der Waals surface area (Å²) in [5.74, 6) is 6.94. The molecule has 0 amide bonds. The van der Waals surface area contributed by atoms with Crippen molar-refractivity contribution in [2.45, 2.75) is 51.9 Å². The molecule has 0 saturated heterocycles. The quantitative estimate of drug-likeness (QED) is 0.423. The van der Waals surface area contributed by atoms with E-state index in [0.717, 1.165) is 6.42 Å². The van der Waals surface area contributed by atoms with Crippen molar-refractivity contribution >= 4 is 5.97 Å². The molecule has 0 bridgehead atoms. The van der Waals surface area contributed by atoms with E-state index in [4.69, 9.17) is 4.74 Å². The van der Waals surface area contributed by atoms with Crippen LogP contribution in [0.15, 0.2) is 12.2 Å². The fourth-order valence-corrected chi connectivity index (χ4v) is 1.99. The zero-order valence-electron chi connectivity index (χ0n) is 10.7. The van der Waals surface area contributed by atoms with Crippen molar-refractivity contribution in [2.75, 3.05) is 6.61 Å². The second-order valence-electron chi connectivity index (χ2n) is 4.34. The van der Waals surface area contributed by atoms with Gasteiger partial charge in [0, 0.05) is 12.3 Å². The van der Waals surface area contributed by atoms with Crippen molar-refractivity contribution in [2.24, 2.45) is 5.92 Å². The van der Waals surface area contributed by atoms with Crippen LogP contribution in [0.2, 0.25) is 0 Å². The molecule has 1 aliphatic rings. The second kappa shape index (κ2) is 8.87. The zero-order valence-corrected chi connectivity index (χ0v) is 10.7. The SMILES string of the molecule is CCOC(=O)C/C=C/CC#CC1CCCCC1. The van der Waals surface area contributed by atoms with Gasteiger partial charge in [-0.25, -0.2) is 0 Å². The zero-order chi connectivity index (χ0) is 12.3. The highest BCUT2D eigenvalue weighted by Gasteiger charge is 2.09. The van der Waals surface area contributed by atoms with Gasteiger partial charge in [-0.3, -0.25) is 4.79 Å². The summed E-state index contributed by atoms with van der Waals surface area (Å²) >= 11 is 0. The standard InChI is InChI=1S/C15H22O2/c1-2-17-15(16)13-9-4-3-6-10-14-11-7-5-8-12-14/h4,9,14H,2-3,5,7-8,11-13H2,1H3/b9-4+. The molecule has 0 N–H and O–H groups in total. The topological polar surface area (TPSA) is 26.3 Å². The third kappa shape index (κ3) is 6.84. The number of hydrogen-bond donors (Lipinski definition) is 0. The van der Waals surface area contributed by atoms with Crippen LogP contribution in [0, 0.1) is 17.8 Å². The molecule has 1 fully saturated rings. The first kappa shape index (κ1) is 13.8. The van der Waals surface area contributed by atoms with Crippen LogP contribution >= 0.6 is 0 Å². The third-order valence-corrected chi connectivity index (χ3v) is 2.89. The van der Waals surface area contributed by atoms with Crippen LogP contribution in [0.4, 0.5) is 0 Å². The van der Waals surface area contributed by atoms with E-state index < -0.39 is 0 Å². The molecule has 0 aliphatic heterocycles. The van der Waals surface area contributed by atoms with Crippen LogP contribution in [0.5, 0.6) is 0 Å². The van der Waals surface area contributed by atoms with Gasteiger partial charge >= 0.3 is 5.97 Å². The number of carbonyl (C=O) groups excluding carboxylic acids is 1. The number of ether oxygens (including phenoxy) is 1. The van der Waals surface area contributed by atoms with E-state index in [0.29, 0.717) is 18.9 Å². The van der Waals surface area contributed by atoms with E-state index in [9.17, 15) is 4.79 Å². The number of hydrogen-bond acceptors (Lipinski definition) is 2. The Morgan fingerprint density at radius 2 is 2.06 bits per heavy atom. The van der Waals surface area contributed by atoms with Gasteiger partial charge in [0.05, 0.1) is 13.0 Å². The van der Waals surface area contributed by atoms with Gasteiger partial charge in [-0.15, -0.1) is 0 Å². The molecular weight excluding hydrogens is 212 g/mol. The molecule has 0 aromatic heterocycles. The lowest BCUT2D eigenvalue weighted by molar-refractivity contribution is -0.142. The first-order chi connectivity index (χ1) is 8.33. The molecule has 0 heterocycles. The van der Waals surface area contributed by atoms with Crippen molar-refractivity contribution in [1.29, 1.82) is 0 Å². The van der Waals surface area contributed by atoms with Crippen LogP contribution in [0.25, 0.3) is 0 Å².